The standard InChI is InChI=1S/C11H11N3O2/c12-11(15)9-4-1-5-10(16-9)14-8-3-2-6-13-7-8/h1-7,10,14H,(H2,12,15). The summed E-state index contributed by atoms with van der Waals surface area (Å²) in [5.74, 6) is -0.439. The van der Waals surface area contributed by atoms with E-state index in [9.17, 15) is 4.79 Å². The Kier molecular flexibility index (Phi) is 2.86. The lowest BCUT2D eigenvalue weighted by atomic mass is 10.3. The molecule has 1 aromatic heterocycles. The molecule has 0 aromatic carbocycles. The zero-order valence-corrected chi connectivity index (χ0v) is 8.46. The average molecular weight is 217 g/mol. The maximum atomic E-state index is 10.9. The summed E-state index contributed by atoms with van der Waals surface area (Å²) in [7, 11) is 0. The number of hydrogen-bond acceptors (Lipinski definition) is 4. The van der Waals surface area contributed by atoms with Gasteiger partial charge in [0, 0.05) is 6.20 Å². The summed E-state index contributed by atoms with van der Waals surface area (Å²) in [4.78, 5) is 14.9. The molecule has 2 rings (SSSR count). The van der Waals surface area contributed by atoms with E-state index in [-0.39, 0.29) is 5.76 Å². The van der Waals surface area contributed by atoms with Crippen molar-refractivity contribution in [3.8, 4) is 0 Å². The quantitative estimate of drug-likeness (QED) is 0.784. The molecule has 5 nitrogen and oxygen atoms in total. The second kappa shape index (κ2) is 4.48. The van der Waals surface area contributed by atoms with Crippen molar-refractivity contribution >= 4 is 11.6 Å². The number of hydrogen-bond donors (Lipinski definition) is 2. The van der Waals surface area contributed by atoms with Gasteiger partial charge in [-0.25, -0.2) is 0 Å². The van der Waals surface area contributed by atoms with Crippen molar-refractivity contribution in [2.45, 2.75) is 6.23 Å². The third kappa shape index (κ3) is 2.38. The highest BCUT2D eigenvalue weighted by molar-refractivity contribution is 5.90. The topological polar surface area (TPSA) is 77.2 Å². The molecular weight excluding hydrogens is 206 g/mol. The normalized spacial score (nSPS) is 18.5. The minimum atomic E-state index is -0.581. The second-order valence-corrected chi connectivity index (χ2v) is 3.20. The number of rotatable bonds is 3. The number of ether oxygens (including phenoxy) is 1. The van der Waals surface area contributed by atoms with Crippen LogP contribution in [-0.2, 0) is 9.53 Å². The Hall–Kier alpha value is -2.30. The number of anilines is 1. The Morgan fingerprint density at radius 3 is 3.12 bits per heavy atom. The number of aromatic nitrogens is 1. The number of primary amides is 1. The molecule has 0 spiro atoms. The Morgan fingerprint density at radius 2 is 2.44 bits per heavy atom. The number of nitrogens with one attached hydrogen (secondary N) is 1. The van der Waals surface area contributed by atoms with Crippen LogP contribution in [0.2, 0.25) is 0 Å². The predicted octanol–water partition coefficient (Wildman–Crippen LogP) is 0.775. The highest BCUT2D eigenvalue weighted by Crippen LogP contribution is 2.13. The SMILES string of the molecule is NC(=O)C1=CC=CC(Nc2cccnc2)O1. The maximum Gasteiger partial charge on any atom is 0.283 e. The number of carbonyl (C=O) groups is 1. The summed E-state index contributed by atoms with van der Waals surface area (Å²) in [5, 5.41) is 3.05. The van der Waals surface area contributed by atoms with Gasteiger partial charge in [0.05, 0.1) is 11.9 Å². The van der Waals surface area contributed by atoms with Crippen LogP contribution in [0.3, 0.4) is 0 Å². The minimum Gasteiger partial charge on any atom is -0.461 e. The van der Waals surface area contributed by atoms with Crippen LogP contribution in [0.4, 0.5) is 5.69 Å². The van der Waals surface area contributed by atoms with Crippen molar-refractivity contribution < 1.29 is 9.53 Å². The summed E-state index contributed by atoms with van der Waals surface area (Å²) >= 11 is 0. The maximum absolute atomic E-state index is 10.9. The lowest BCUT2D eigenvalue weighted by Crippen LogP contribution is -2.27. The van der Waals surface area contributed by atoms with Gasteiger partial charge in [0.25, 0.3) is 5.91 Å². The summed E-state index contributed by atoms with van der Waals surface area (Å²) in [6.07, 6.45) is 7.97. The van der Waals surface area contributed by atoms with E-state index in [1.807, 2.05) is 6.07 Å². The molecule has 0 saturated carbocycles. The number of nitrogens with zero attached hydrogens (tertiary/aromatic N) is 1. The van der Waals surface area contributed by atoms with Crippen LogP contribution in [0.1, 0.15) is 0 Å². The Labute approximate surface area is 92.6 Å². The highest BCUT2D eigenvalue weighted by Gasteiger charge is 2.15. The molecule has 5 heteroatoms. The molecule has 82 valence electrons. The number of pyridine rings is 1. The molecule has 1 atom stereocenters. The molecule has 3 N–H and O–H groups in total. The van der Waals surface area contributed by atoms with Gasteiger partial charge in [-0.15, -0.1) is 0 Å². The molecule has 16 heavy (non-hydrogen) atoms. The number of carbonyl (C=O) groups excluding carboxylic acids is 1. The van der Waals surface area contributed by atoms with Crippen molar-refractivity contribution in [2.24, 2.45) is 5.73 Å². The van der Waals surface area contributed by atoms with Gasteiger partial charge in [-0.2, -0.15) is 0 Å². The van der Waals surface area contributed by atoms with E-state index in [4.69, 9.17) is 10.5 Å². The fraction of sp³-hybridized carbons (Fsp3) is 0.0909. The van der Waals surface area contributed by atoms with Crippen LogP contribution in [-0.4, -0.2) is 17.1 Å². The average Bonchev–Trinajstić information content (AvgIpc) is 2.30. The lowest BCUT2D eigenvalue weighted by Gasteiger charge is -2.20. The number of amides is 1. The van der Waals surface area contributed by atoms with Crippen LogP contribution in [0, 0.1) is 0 Å². The van der Waals surface area contributed by atoms with Crippen LogP contribution >= 0.6 is 0 Å². The van der Waals surface area contributed by atoms with E-state index in [1.54, 1.807) is 30.6 Å². The Morgan fingerprint density at radius 1 is 1.56 bits per heavy atom. The van der Waals surface area contributed by atoms with Gasteiger partial charge in [-0.1, -0.05) is 6.08 Å². The van der Waals surface area contributed by atoms with E-state index < -0.39 is 12.1 Å². The zero-order valence-electron chi connectivity index (χ0n) is 8.46. The van der Waals surface area contributed by atoms with Crippen LogP contribution in [0.5, 0.6) is 0 Å². The molecule has 0 saturated heterocycles. The van der Waals surface area contributed by atoms with E-state index in [2.05, 4.69) is 10.3 Å². The first kappa shape index (κ1) is 10.2. The summed E-state index contributed by atoms with van der Waals surface area (Å²) < 4.78 is 5.31. The summed E-state index contributed by atoms with van der Waals surface area (Å²) in [6.45, 7) is 0. The molecule has 1 aromatic rings. The van der Waals surface area contributed by atoms with Gasteiger partial charge < -0.3 is 15.8 Å². The molecule has 1 amide bonds. The zero-order chi connectivity index (χ0) is 11.4. The first-order chi connectivity index (χ1) is 7.75. The predicted molar refractivity (Wildman–Crippen MR) is 59.2 cm³/mol. The smallest absolute Gasteiger partial charge is 0.283 e. The van der Waals surface area contributed by atoms with Gasteiger partial charge in [0.1, 0.15) is 0 Å². The molecule has 0 bridgehead atoms. The van der Waals surface area contributed by atoms with Crippen LogP contribution < -0.4 is 11.1 Å². The molecular formula is C11H11N3O2. The van der Waals surface area contributed by atoms with Gasteiger partial charge in [0.15, 0.2) is 12.0 Å². The van der Waals surface area contributed by atoms with Crippen molar-refractivity contribution in [3.63, 3.8) is 0 Å². The van der Waals surface area contributed by atoms with Gasteiger partial charge in [-0.05, 0) is 24.3 Å². The van der Waals surface area contributed by atoms with E-state index in [0.29, 0.717) is 0 Å². The van der Waals surface area contributed by atoms with E-state index in [1.165, 1.54) is 6.08 Å². The first-order valence-electron chi connectivity index (χ1n) is 4.77. The fourth-order valence-electron chi connectivity index (χ4n) is 1.29. The van der Waals surface area contributed by atoms with E-state index >= 15 is 0 Å². The fourth-order valence-corrected chi connectivity index (χ4v) is 1.29. The molecule has 1 aliphatic rings. The molecule has 2 heterocycles. The highest BCUT2D eigenvalue weighted by atomic mass is 16.5. The monoisotopic (exact) mass is 217 g/mol. The largest absolute Gasteiger partial charge is 0.461 e. The van der Waals surface area contributed by atoms with Crippen molar-refractivity contribution in [2.75, 3.05) is 5.32 Å². The second-order valence-electron chi connectivity index (χ2n) is 3.20. The number of allylic oxidation sites excluding steroid dienone is 2. The Balaban J connectivity index is 2.02. The van der Waals surface area contributed by atoms with Crippen LogP contribution in [0.15, 0.2) is 48.5 Å². The minimum absolute atomic E-state index is 0.142. The van der Waals surface area contributed by atoms with Gasteiger partial charge in [0.2, 0.25) is 0 Å². The van der Waals surface area contributed by atoms with Gasteiger partial charge in [-0.3, -0.25) is 9.78 Å². The summed E-state index contributed by atoms with van der Waals surface area (Å²) in [5.41, 5.74) is 5.92. The lowest BCUT2D eigenvalue weighted by molar-refractivity contribution is -0.118. The number of nitrogens with two attached hydrogens (primary N) is 1. The first-order valence-corrected chi connectivity index (χ1v) is 4.77. The molecule has 0 aliphatic carbocycles. The summed E-state index contributed by atoms with van der Waals surface area (Å²) in [6, 6.07) is 3.66. The van der Waals surface area contributed by atoms with E-state index in [0.717, 1.165) is 5.69 Å². The molecule has 1 unspecified atom stereocenters. The molecule has 0 fully saturated rings. The third-order valence-corrected chi connectivity index (χ3v) is 2.00. The van der Waals surface area contributed by atoms with Crippen molar-refractivity contribution in [3.05, 3.63) is 48.5 Å². The third-order valence-electron chi connectivity index (χ3n) is 2.00. The van der Waals surface area contributed by atoms with Crippen LogP contribution in [0.25, 0.3) is 0 Å². The molecule has 1 aliphatic heterocycles. The Bertz CT molecular complexity index is 440. The molecule has 0 radical (unpaired) electrons. The van der Waals surface area contributed by atoms with Crippen molar-refractivity contribution in [1.82, 2.24) is 4.98 Å². The van der Waals surface area contributed by atoms with Gasteiger partial charge >= 0.3 is 0 Å². The van der Waals surface area contributed by atoms with Crippen molar-refractivity contribution in [1.29, 1.82) is 0 Å².